The van der Waals surface area contributed by atoms with E-state index >= 15 is 0 Å². The molecular weight excluding hydrogens is 262 g/mol. The van der Waals surface area contributed by atoms with Gasteiger partial charge in [0.1, 0.15) is 5.75 Å². The van der Waals surface area contributed by atoms with Crippen molar-refractivity contribution in [2.24, 2.45) is 5.92 Å². The van der Waals surface area contributed by atoms with Gasteiger partial charge in [-0.25, -0.2) is 0 Å². The van der Waals surface area contributed by atoms with Crippen LogP contribution in [0.25, 0.3) is 0 Å². The Labute approximate surface area is 125 Å². The molecule has 0 aliphatic heterocycles. The third-order valence-electron chi connectivity index (χ3n) is 4.09. The van der Waals surface area contributed by atoms with Crippen LogP contribution in [0, 0.1) is 12.8 Å². The molecule has 0 saturated carbocycles. The van der Waals surface area contributed by atoms with E-state index in [1.807, 2.05) is 37.3 Å². The summed E-state index contributed by atoms with van der Waals surface area (Å²) in [5.41, 5.74) is 3.92. The molecule has 1 aliphatic carbocycles. The number of fused-ring (bicyclic) bond motifs is 1. The number of nitrogens with zero attached hydrogens (tertiary/aromatic N) is 1. The minimum atomic E-state index is 0.0268. The van der Waals surface area contributed by atoms with E-state index in [1.165, 1.54) is 5.56 Å². The van der Waals surface area contributed by atoms with E-state index in [-0.39, 0.29) is 11.7 Å². The largest absolute Gasteiger partial charge is 0.497 e. The Kier molecular flexibility index (Phi) is 3.74. The quantitative estimate of drug-likeness (QED) is 0.865. The molecule has 1 aromatic heterocycles. The second kappa shape index (κ2) is 5.68. The summed E-state index contributed by atoms with van der Waals surface area (Å²) in [4.78, 5) is 17.1. The number of methoxy groups -OCH3 is 1. The Morgan fingerprint density at radius 2 is 2.10 bits per heavy atom. The van der Waals surface area contributed by atoms with Crippen molar-refractivity contribution in [2.75, 3.05) is 7.11 Å². The maximum atomic E-state index is 12.6. The summed E-state index contributed by atoms with van der Waals surface area (Å²) in [6.07, 6.45) is 2.55. The molecule has 3 rings (SSSR count). The molecule has 3 nitrogen and oxygen atoms in total. The molecule has 0 saturated heterocycles. The van der Waals surface area contributed by atoms with Crippen LogP contribution >= 0.6 is 0 Å². The van der Waals surface area contributed by atoms with E-state index in [0.29, 0.717) is 6.42 Å². The molecule has 1 aromatic carbocycles. The van der Waals surface area contributed by atoms with E-state index in [1.54, 1.807) is 7.11 Å². The lowest BCUT2D eigenvalue weighted by Crippen LogP contribution is -2.24. The van der Waals surface area contributed by atoms with E-state index in [4.69, 9.17) is 4.74 Å². The Morgan fingerprint density at radius 1 is 1.29 bits per heavy atom. The van der Waals surface area contributed by atoms with Gasteiger partial charge in [-0.1, -0.05) is 24.3 Å². The summed E-state index contributed by atoms with van der Waals surface area (Å²) >= 11 is 0. The molecule has 108 valence electrons. The van der Waals surface area contributed by atoms with Crippen molar-refractivity contribution in [3.8, 4) is 5.75 Å². The predicted octanol–water partition coefficient (Wildman–Crippen LogP) is 3.39. The maximum Gasteiger partial charge on any atom is 0.166 e. The zero-order valence-electron chi connectivity index (χ0n) is 12.4. The number of pyridine rings is 1. The van der Waals surface area contributed by atoms with E-state index < -0.39 is 0 Å². The van der Waals surface area contributed by atoms with E-state index in [9.17, 15) is 4.79 Å². The molecule has 0 amide bonds. The van der Waals surface area contributed by atoms with Crippen LogP contribution in [0.2, 0.25) is 0 Å². The number of ether oxygens (including phenoxy) is 1. The van der Waals surface area contributed by atoms with Gasteiger partial charge in [0.15, 0.2) is 5.78 Å². The predicted molar refractivity (Wildman–Crippen MR) is 81.8 cm³/mol. The van der Waals surface area contributed by atoms with Gasteiger partial charge in [0.05, 0.1) is 7.11 Å². The zero-order valence-corrected chi connectivity index (χ0v) is 12.4. The molecular formula is C18H19NO2. The Balaban J connectivity index is 1.83. The van der Waals surface area contributed by atoms with Crippen LogP contribution in [0.15, 0.2) is 36.4 Å². The highest BCUT2D eigenvalue weighted by Gasteiger charge is 2.27. The van der Waals surface area contributed by atoms with E-state index in [0.717, 1.165) is 35.5 Å². The van der Waals surface area contributed by atoms with Gasteiger partial charge in [0.25, 0.3) is 0 Å². The van der Waals surface area contributed by atoms with Crippen molar-refractivity contribution in [3.63, 3.8) is 0 Å². The molecule has 0 fully saturated rings. The number of benzene rings is 1. The second-order valence-electron chi connectivity index (χ2n) is 5.60. The molecule has 0 N–H and O–H groups in total. The molecule has 0 bridgehead atoms. The zero-order chi connectivity index (χ0) is 14.8. The second-order valence-corrected chi connectivity index (χ2v) is 5.60. The lowest BCUT2D eigenvalue weighted by molar-refractivity contribution is 0.0900. The number of aryl methyl sites for hydroxylation is 2. The normalized spacial score (nSPS) is 17.4. The summed E-state index contributed by atoms with van der Waals surface area (Å²) in [5.74, 6) is 1.08. The highest BCUT2D eigenvalue weighted by molar-refractivity contribution is 6.00. The number of ketones is 1. The first-order chi connectivity index (χ1) is 10.2. The Hall–Kier alpha value is -2.16. The maximum absolute atomic E-state index is 12.6. The molecule has 1 atom stereocenters. The summed E-state index contributed by atoms with van der Waals surface area (Å²) in [6, 6.07) is 11.8. The number of hydrogen-bond acceptors (Lipinski definition) is 3. The molecule has 0 radical (unpaired) electrons. The first-order valence-corrected chi connectivity index (χ1v) is 7.31. The lowest BCUT2D eigenvalue weighted by atomic mass is 9.80. The summed E-state index contributed by atoms with van der Waals surface area (Å²) < 4.78 is 5.28. The third-order valence-corrected chi connectivity index (χ3v) is 4.09. The number of carbonyl (C=O) groups excluding carboxylic acids is 1. The van der Waals surface area contributed by atoms with Crippen LogP contribution in [0.3, 0.4) is 0 Å². The smallest absolute Gasteiger partial charge is 0.166 e. The highest BCUT2D eigenvalue weighted by atomic mass is 16.5. The fourth-order valence-corrected chi connectivity index (χ4v) is 3.03. The van der Waals surface area contributed by atoms with Gasteiger partial charge >= 0.3 is 0 Å². The van der Waals surface area contributed by atoms with Gasteiger partial charge in [0.2, 0.25) is 0 Å². The van der Waals surface area contributed by atoms with Crippen molar-refractivity contribution < 1.29 is 9.53 Å². The molecule has 2 aromatic rings. The van der Waals surface area contributed by atoms with Gasteiger partial charge in [-0.2, -0.15) is 0 Å². The molecule has 3 heteroatoms. The monoisotopic (exact) mass is 281 g/mol. The van der Waals surface area contributed by atoms with Crippen LogP contribution < -0.4 is 4.74 Å². The van der Waals surface area contributed by atoms with Crippen LogP contribution in [-0.2, 0) is 12.8 Å². The number of rotatable bonds is 3. The first-order valence-electron chi connectivity index (χ1n) is 7.31. The minimum absolute atomic E-state index is 0.0268. The standard InChI is InChI=1S/C18H19NO2/c1-12-9-16(21-2)11-15(19-12)10-14-8-7-13-5-3-4-6-17(13)18(14)20/h3-6,9,11,14H,7-8,10H2,1-2H3. The van der Waals surface area contributed by atoms with Crippen molar-refractivity contribution in [2.45, 2.75) is 26.2 Å². The fraction of sp³-hybridized carbons (Fsp3) is 0.333. The van der Waals surface area contributed by atoms with Gasteiger partial charge < -0.3 is 4.74 Å². The molecule has 1 aliphatic rings. The average Bonchev–Trinajstić information content (AvgIpc) is 2.50. The number of Topliss-reactive ketones (excluding diaryl/α,β-unsaturated/α-hetero) is 1. The fourth-order valence-electron chi connectivity index (χ4n) is 3.03. The SMILES string of the molecule is COc1cc(C)nc(CC2CCc3ccccc3C2=O)c1. The number of hydrogen-bond donors (Lipinski definition) is 0. The van der Waals surface area contributed by atoms with Crippen LogP contribution in [0.1, 0.15) is 33.7 Å². The summed E-state index contributed by atoms with van der Waals surface area (Å²) in [5, 5.41) is 0. The summed E-state index contributed by atoms with van der Waals surface area (Å²) in [6.45, 7) is 1.95. The van der Waals surface area contributed by atoms with Crippen molar-refractivity contribution >= 4 is 5.78 Å². The minimum Gasteiger partial charge on any atom is -0.497 e. The Morgan fingerprint density at radius 3 is 2.90 bits per heavy atom. The van der Waals surface area contributed by atoms with Gasteiger partial charge in [0, 0.05) is 35.0 Å². The van der Waals surface area contributed by atoms with Crippen LogP contribution in [0.5, 0.6) is 5.75 Å². The average molecular weight is 281 g/mol. The number of carbonyl (C=O) groups is 1. The van der Waals surface area contributed by atoms with Gasteiger partial charge in [-0.05, 0) is 31.7 Å². The topological polar surface area (TPSA) is 39.2 Å². The molecule has 1 heterocycles. The third kappa shape index (κ3) is 2.82. The highest BCUT2D eigenvalue weighted by Crippen LogP contribution is 2.28. The molecule has 1 unspecified atom stereocenters. The van der Waals surface area contributed by atoms with Gasteiger partial charge in [-0.3, -0.25) is 9.78 Å². The van der Waals surface area contributed by atoms with Crippen LogP contribution in [0.4, 0.5) is 0 Å². The molecule has 0 spiro atoms. The molecule has 21 heavy (non-hydrogen) atoms. The summed E-state index contributed by atoms with van der Waals surface area (Å²) in [7, 11) is 1.65. The Bertz CT molecular complexity index is 679. The van der Waals surface area contributed by atoms with Crippen molar-refractivity contribution in [3.05, 3.63) is 58.9 Å². The van der Waals surface area contributed by atoms with E-state index in [2.05, 4.69) is 11.1 Å². The van der Waals surface area contributed by atoms with Crippen molar-refractivity contribution in [1.82, 2.24) is 4.98 Å². The van der Waals surface area contributed by atoms with Crippen molar-refractivity contribution in [1.29, 1.82) is 0 Å². The first kappa shape index (κ1) is 13.8. The lowest BCUT2D eigenvalue weighted by Gasteiger charge is -2.23. The van der Waals surface area contributed by atoms with Crippen LogP contribution in [-0.4, -0.2) is 17.9 Å². The number of aromatic nitrogens is 1. The van der Waals surface area contributed by atoms with Gasteiger partial charge in [-0.15, -0.1) is 0 Å².